The quantitative estimate of drug-likeness (QED) is 0.208. The van der Waals surface area contributed by atoms with Crippen LogP contribution in [0, 0.1) is 0 Å². The van der Waals surface area contributed by atoms with E-state index in [1.165, 1.54) is 19.4 Å². The molecular weight excluding hydrogens is 360 g/mol. The van der Waals surface area contributed by atoms with Crippen molar-refractivity contribution in [2.75, 3.05) is 0 Å². The summed E-state index contributed by atoms with van der Waals surface area (Å²) in [5.74, 6) is -3.71. The molecule has 0 aromatic carbocycles. The molecule has 4 unspecified atom stereocenters. The van der Waals surface area contributed by atoms with E-state index >= 15 is 0 Å². The fraction of sp³-hybridized carbons (Fsp3) is 0.533. The SMILES string of the molecule is CC(O)C(NC(=O)C(CCC(N)=O)NC(=O)C(N)Cc1cnc[nH]1)C(=O)O. The van der Waals surface area contributed by atoms with Crippen LogP contribution in [-0.4, -0.2) is 68.1 Å². The molecule has 150 valence electrons. The normalized spacial score (nSPS) is 15.2. The average Bonchev–Trinajstić information content (AvgIpc) is 3.07. The number of primary amides is 1. The topological polar surface area (TPSA) is 214 Å². The number of aliphatic hydroxyl groups is 1. The number of carboxylic acids is 1. The highest BCUT2D eigenvalue weighted by Crippen LogP contribution is 2.03. The molecule has 0 saturated heterocycles. The van der Waals surface area contributed by atoms with Crippen LogP contribution in [0.3, 0.4) is 0 Å². The Morgan fingerprint density at radius 1 is 1.26 bits per heavy atom. The summed E-state index contributed by atoms with van der Waals surface area (Å²) in [6.45, 7) is 1.19. The van der Waals surface area contributed by atoms with Crippen molar-refractivity contribution >= 4 is 23.7 Å². The van der Waals surface area contributed by atoms with Crippen LogP contribution < -0.4 is 22.1 Å². The number of aromatic nitrogens is 2. The number of aliphatic hydroxyl groups excluding tert-OH is 1. The fourth-order valence-electron chi connectivity index (χ4n) is 2.20. The van der Waals surface area contributed by atoms with Crippen molar-refractivity contribution in [3.63, 3.8) is 0 Å². The fourth-order valence-corrected chi connectivity index (χ4v) is 2.20. The maximum absolute atomic E-state index is 12.3. The molecule has 0 saturated carbocycles. The number of aromatic amines is 1. The van der Waals surface area contributed by atoms with Crippen LogP contribution in [0.4, 0.5) is 0 Å². The Bertz CT molecular complexity index is 662. The molecule has 27 heavy (non-hydrogen) atoms. The van der Waals surface area contributed by atoms with E-state index in [2.05, 4.69) is 20.6 Å². The Labute approximate surface area is 154 Å². The molecule has 4 atom stereocenters. The Hall–Kier alpha value is -2.99. The number of nitrogens with zero attached hydrogens (tertiary/aromatic N) is 1. The number of hydrogen-bond donors (Lipinski definition) is 7. The van der Waals surface area contributed by atoms with E-state index in [1.807, 2.05) is 0 Å². The van der Waals surface area contributed by atoms with Gasteiger partial charge in [0.25, 0.3) is 0 Å². The Morgan fingerprint density at radius 2 is 1.93 bits per heavy atom. The summed E-state index contributed by atoms with van der Waals surface area (Å²) in [6.07, 6.45) is 1.29. The summed E-state index contributed by atoms with van der Waals surface area (Å²) in [5.41, 5.74) is 11.5. The third-order valence-corrected chi connectivity index (χ3v) is 3.69. The van der Waals surface area contributed by atoms with E-state index in [1.54, 1.807) is 0 Å². The zero-order chi connectivity index (χ0) is 20.6. The van der Waals surface area contributed by atoms with E-state index in [0.717, 1.165) is 0 Å². The number of carbonyl (C=O) groups excluding carboxylic acids is 3. The zero-order valence-electron chi connectivity index (χ0n) is 14.7. The van der Waals surface area contributed by atoms with Gasteiger partial charge in [0, 0.05) is 24.7 Å². The van der Waals surface area contributed by atoms with E-state index in [0.29, 0.717) is 5.69 Å². The van der Waals surface area contributed by atoms with E-state index in [9.17, 15) is 24.3 Å². The molecule has 0 spiro atoms. The molecule has 1 aromatic heterocycles. The van der Waals surface area contributed by atoms with Gasteiger partial charge in [-0.1, -0.05) is 0 Å². The molecule has 1 aromatic rings. The van der Waals surface area contributed by atoms with Gasteiger partial charge in [0.15, 0.2) is 6.04 Å². The second kappa shape index (κ2) is 10.2. The minimum atomic E-state index is -1.58. The first-order valence-corrected chi connectivity index (χ1v) is 8.14. The highest BCUT2D eigenvalue weighted by Gasteiger charge is 2.30. The third kappa shape index (κ3) is 7.42. The lowest BCUT2D eigenvalue weighted by molar-refractivity contribution is -0.145. The lowest BCUT2D eigenvalue weighted by Crippen LogP contribution is -2.56. The molecule has 0 aliphatic carbocycles. The smallest absolute Gasteiger partial charge is 0.328 e. The molecule has 3 amide bonds. The first kappa shape index (κ1) is 22.1. The molecule has 0 radical (unpaired) electrons. The third-order valence-electron chi connectivity index (χ3n) is 3.69. The van der Waals surface area contributed by atoms with Gasteiger partial charge >= 0.3 is 5.97 Å². The van der Waals surface area contributed by atoms with E-state index < -0.39 is 47.9 Å². The number of imidazole rings is 1. The van der Waals surface area contributed by atoms with Gasteiger partial charge in [-0.2, -0.15) is 0 Å². The number of nitrogens with one attached hydrogen (secondary N) is 3. The standard InChI is InChI=1S/C15H24N6O6/c1-7(22)12(15(26)27)21-14(25)10(2-3-11(17)23)20-13(24)9(16)4-8-5-18-6-19-8/h5-7,9-10,12,22H,2-4,16H2,1H3,(H2,17,23)(H,18,19)(H,20,24)(H,21,25)(H,26,27). The summed E-state index contributed by atoms with van der Waals surface area (Å²) in [7, 11) is 0. The average molecular weight is 384 g/mol. The Kier molecular flexibility index (Phi) is 8.35. The number of carboxylic acid groups (broad SMARTS) is 1. The van der Waals surface area contributed by atoms with Crippen LogP contribution >= 0.6 is 0 Å². The summed E-state index contributed by atoms with van der Waals surface area (Å²) < 4.78 is 0. The van der Waals surface area contributed by atoms with Gasteiger partial charge < -0.3 is 37.3 Å². The predicted octanol–water partition coefficient (Wildman–Crippen LogP) is -3.02. The molecule has 1 rings (SSSR count). The molecule has 9 N–H and O–H groups in total. The zero-order valence-corrected chi connectivity index (χ0v) is 14.7. The number of amides is 3. The summed E-state index contributed by atoms with van der Waals surface area (Å²) in [5, 5.41) is 23.0. The highest BCUT2D eigenvalue weighted by atomic mass is 16.4. The van der Waals surface area contributed by atoms with Crippen LogP contribution in [0.25, 0.3) is 0 Å². The van der Waals surface area contributed by atoms with Gasteiger partial charge in [-0.15, -0.1) is 0 Å². The number of aliphatic carboxylic acids is 1. The molecule has 0 bridgehead atoms. The summed E-state index contributed by atoms with van der Waals surface area (Å²) >= 11 is 0. The van der Waals surface area contributed by atoms with Crippen molar-refractivity contribution < 1.29 is 29.4 Å². The van der Waals surface area contributed by atoms with Crippen LogP contribution in [0.5, 0.6) is 0 Å². The van der Waals surface area contributed by atoms with Crippen LogP contribution in [-0.2, 0) is 25.6 Å². The Morgan fingerprint density at radius 3 is 2.41 bits per heavy atom. The van der Waals surface area contributed by atoms with E-state index in [-0.39, 0.29) is 19.3 Å². The van der Waals surface area contributed by atoms with Crippen molar-refractivity contribution in [2.24, 2.45) is 11.5 Å². The minimum Gasteiger partial charge on any atom is -0.480 e. The van der Waals surface area contributed by atoms with Gasteiger partial charge in [0.05, 0.1) is 18.5 Å². The van der Waals surface area contributed by atoms with Crippen LogP contribution in [0.1, 0.15) is 25.5 Å². The maximum Gasteiger partial charge on any atom is 0.328 e. The van der Waals surface area contributed by atoms with Crippen LogP contribution in [0.15, 0.2) is 12.5 Å². The van der Waals surface area contributed by atoms with E-state index in [4.69, 9.17) is 16.6 Å². The number of carbonyl (C=O) groups is 4. The largest absolute Gasteiger partial charge is 0.480 e. The van der Waals surface area contributed by atoms with Gasteiger partial charge in [-0.05, 0) is 13.3 Å². The number of H-pyrrole nitrogens is 1. The molecule has 0 aliphatic rings. The molecule has 12 heteroatoms. The number of hydrogen-bond acceptors (Lipinski definition) is 7. The minimum absolute atomic E-state index is 0.126. The lowest BCUT2D eigenvalue weighted by atomic mass is 10.1. The first-order chi connectivity index (χ1) is 12.6. The van der Waals surface area contributed by atoms with Gasteiger partial charge in [-0.25, -0.2) is 9.78 Å². The van der Waals surface area contributed by atoms with Crippen molar-refractivity contribution in [3.05, 3.63) is 18.2 Å². The molecule has 1 heterocycles. The van der Waals surface area contributed by atoms with Crippen molar-refractivity contribution in [1.82, 2.24) is 20.6 Å². The summed E-state index contributed by atoms with van der Waals surface area (Å²) in [4.78, 5) is 53.3. The van der Waals surface area contributed by atoms with Gasteiger partial charge in [0.2, 0.25) is 17.7 Å². The lowest BCUT2D eigenvalue weighted by Gasteiger charge is -2.23. The van der Waals surface area contributed by atoms with Gasteiger partial charge in [-0.3, -0.25) is 14.4 Å². The first-order valence-electron chi connectivity index (χ1n) is 8.14. The van der Waals surface area contributed by atoms with Crippen LogP contribution in [0.2, 0.25) is 0 Å². The maximum atomic E-state index is 12.3. The van der Waals surface area contributed by atoms with Gasteiger partial charge in [0.1, 0.15) is 6.04 Å². The predicted molar refractivity (Wildman–Crippen MR) is 91.9 cm³/mol. The molecule has 0 aliphatic heterocycles. The molecule has 0 fully saturated rings. The second-order valence-corrected chi connectivity index (χ2v) is 6.02. The monoisotopic (exact) mass is 384 g/mol. The number of rotatable bonds is 11. The van der Waals surface area contributed by atoms with Crippen molar-refractivity contribution in [2.45, 2.75) is 50.4 Å². The Balaban J connectivity index is 2.79. The highest BCUT2D eigenvalue weighted by molar-refractivity contribution is 5.92. The summed E-state index contributed by atoms with van der Waals surface area (Å²) in [6, 6.07) is -3.84. The van der Waals surface area contributed by atoms with Crippen molar-refractivity contribution in [3.8, 4) is 0 Å². The van der Waals surface area contributed by atoms with Crippen molar-refractivity contribution in [1.29, 1.82) is 0 Å². The molecule has 12 nitrogen and oxygen atoms in total. The number of nitrogens with two attached hydrogens (primary N) is 2. The second-order valence-electron chi connectivity index (χ2n) is 6.02. The molecular formula is C15H24N6O6.